The summed E-state index contributed by atoms with van der Waals surface area (Å²) in [6, 6.07) is 19.5. The summed E-state index contributed by atoms with van der Waals surface area (Å²) >= 11 is 0. The number of nitrogens with zero attached hydrogens (tertiary/aromatic N) is 2. The molecule has 1 aliphatic heterocycles. The van der Waals surface area contributed by atoms with Crippen LogP contribution in [-0.4, -0.2) is 62.8 Å². The van der Waals surface area contributed by atoms with Crippen molar-refractivity contribution < 1.29 is 19.0 Å². The highest BCUT2D eigenvalue weighted by Crippen LogP contribution is 2.28. The van der Waals surface area contributed by atoms with E-state index in [1.165, 1.54) is 12.8 Å². The molecule has 0 radical (unpaired) electrons. The fourth-order valence-corrected chi connectivity index (χ4v) is 4.50. The number of methoxy groups -OCH3 is 2. The number of hydrogen-bond acceptors (Lipinski definition) is 6. The Morgan fingerprint density at radius 2 is 1.86 bits per heavy atom. The summed E-state index contributed by atoms with van der Waals surface area (Å²) in [5, 5.41) is 3.11. The molecular weight excluding hydrogens is 454 g/mol. The number of benzene rings is 2. The fourth-order valence-electron chi connectivity index (χ4n) is 4.50. The lowest BCUT2D eigenvalue weighted by molar-refractivity contribution is 0.0928. The average Bonchev–Trinajstić information content (AvgIpc) is 2.92. The summed E-state index contributed by atoms with van der Waals surface area (Å²) in [5.41, 5.74) is 3.36. The van der Waals surface area contributed by atoms with Crippen LogP contribution in [0.4, 0.5) is 0 Å². The molecule has 1 N–H and O–H groups in total. The Hall–Kier alpha value is -3.58. The molecule has 0 saturated carbocycles. The Balaban J connectivity index is 1.36. The summed E-state index contributed by atoms with van der Waals surface area (Å²) in [7, 11) is 5.38. The Kier molecular flexibility index (Phi) is 8.79. The zero-order valence-electron chi connectivity index (χ0n) is 21.3. The number of rotatable bonds is 10. The van der Waals surface area contributed by atoms with Crippen LogP contribution in [0, 0.1) is 0 Å². The predicted molar refractivity (Wildman–Crippen MR) is 141 cm³/mol. The van der Waals surface area contributed by atoms with Crippen molar-refractivity contribution in [1.29, 1.82) is 0 Å². The average molecular weight is 490 g/mol. The van der Waals surface area contributed by atoms with Gasteiger partial charge in [0.2, 0.25) is 5.88 Å². The third-order valence-corrected chi connectivity index (χ3v) is 6.65. The zero-order chi connectivity index (χ0) is 25.3. The number of likely N-dealkylation sites (N-methyl/N-ethyl adjacent to an activating group) is 1. The summed E-state index contributed by atoms with van der Waals surface area (Å²) in [6.45, 7) is 2.24. The molecule has 1 amide bonds. The Labute approximate surface area is 213 Å². The van der Waals surface area contributed by atoms with E-state index in [-0.39, 0.29) is 5.91 Å². The van der Waals surface area contributed by atoms with Gasteiger partial charge in [-0.25, -0.2) is 4.98 Å². The van der Waals surface area contributed by atoms with Crippen LogP contribution in [0.1, 0.15) is 35.2 Å². The number of hydrogen-bond donors (Lipinski definition) is 1. The minimum absolute atomic E-state index is 0.0573. The number of pyridine rings is 1. The Morgan fingerprint density at radius 3 is 2.67 bits per heavy atom. The van der Waals surface area contributed by atoms with Crippen molar-refractivity contribution in [3.8, 4) is 28.6 Å². The van der Waals surface area contributed by atoms with E-state index in [1.807, 2.05) is 60.7 Å². The van der Waals surface area contributed by atoms with Crippen molar-refractivity contribution in [1.82, 2.24) is 15.2 Å². The van der Waals surface area contributed by atoms with Crippen LogP contribution in [-0.2, 0) is 6.42 Å². The number of carbonyl (C=O) groups is 1. The lowest BCUT2D eigenvalue weighted by Crippen LogP contribution is -2.44. The van der Waals surface area contributed by atoms with Crippen LogP contribution in [0.3, 0.4) is 0 Å². The van der Waals surface area contributed by atoms with E-state index in [9.17, 15) is 4.79 Å². The SMILES string of the molecule is COc1ccc(CCOc2cccc(-c3cccc(C(=O)NCC4CCCCN4C)c3)n2)cc1OC. The largest absolute Gasteiger partial charge is 0.493 e. The highest BCUT2D eigenvalue weighted by atomic mass is 16.5. The van der Waals surface area contributed by atoms with E-state index in [1.54, 1.807) is 14.2 Å². The maximum absolute atomic E-state index is 12.8. The van der Waals surface area contributed by atoms with E-state index in [4.69, 9.17) is 14.2 Å². The van der Waals surface area contributed by atoms with Crippen LogP contribution in [0.25, 0.3) is 11.3 Å². The van der Waals surface area contributed by atoms with Gasteiger partial charge >= 0.3 is 0 Å². The first-order valence-electron chi connectivity index (χ1n) is 12.5. The van der Waals surface area contributed by atoms with E-state index in [0.29, 0.717) is 48.6 Å². The van der Waals surface area contributed by atoms with Crippen LogP contribution >= 0.6 is 0 Å². The van der Waals surface area contributed by atoms with Crippen molar-refractivity contribution >= 4 is 5.91 Å². The van der Waals surface area contributed by atoms with Gasteiger partial charge in [-0.2, -0.15) is 0 Å². The van der Waals surface area contributed by atoms with Crippen molar-refractivity contribution in [2.24, 2.45) is 0 Å². The van der Waals surface area contributed by atoms with Gasteiger partial charge in [0.25, 0.3) is 5.91 Å². The molecule has 0 spiro atoms. The van der Waals surface area contributed by atoms with Crippen molar-refractivity contribution in [2.75, 3.05) is 41.0 Å². The monoisotopic (exact) mass is 489 g/mol. The Bertz CT molecular complexity index is 1170. The molecule has 1 saturated heterocycles. The van der Waals surface area contributed by atoms with E-state index >= 15 is 0 Å². The van der Waals surface area contributed by atoms with Gasteiger partial charge < -0.3 is 24.4 Å². The highest BCUT2D eigenvalue weighted by Gasteiger charge is 2.19. The first kappa shape index (κ1) is 25.5. The number of carbonyl (C=O) groups excluding carboxylic acids is 1. The molecule has 7 heteroatoms. The number of likely N-dealkylation sites (tertiary alicyclic amines) is 1. The third-order valence-electron chi connectivity index (χ3n) is 6.65. The van der Waals surface area contributed by atoms with E-state index < -0.39 is 0 Å². The topological polar surface area (TPSA) is 72.9 Å². The molecule has 1 aliphatic rings. The van der Waals surface area contributed by atoms with Crippen LogP contribution in [0.5, 0.6) is 17.4 Å². The summed E-state index contributed by atoms with van der Waals surface area (Å²) in [4.78, 5) is 19.8. The number of aromatic nitrogens is 1. The van der Waals surface area contributed by atoms with E-state index in [2.05, 4.69) is 22.2 Å². The molecule has 0 bridgehead atoms. The third kappa shape index (κ3) is 6.55. The van der Waals surface area contributed by atoms with Crippen LogP contribution < -0.4 is 19.5 Å². The lowest BCUT2D eigenvalue weighted by atomic mass is 10.0. The zero-order valence-corrected chi connectivity index (χ0v) is 21.3. The normalized spacial score (nSPS) is 15.8. The highest BCUT2D eigenvalue weighted by molar-refractivity contribution is 5.95. The molecule has 1 fully saturated rings. The molecule has 3 aromatic rings. The molecule has 7 nitrogen and oxygen atoms in total. The molecule has 2 heterocycles. The first-order chi connectivity index (χ1) is 17.6. The molecular formula is C29H35N3O4. The van der Waals surface area contributed by atoms with Gasteiger partial charge in [-0.05, 0) is 62.3 Å². The van der Waals surface area contributed by atoms with Crippen molar-refractivity contribution in [3.63, 3.8) is 0 Å². The molecule has 1 atom stereocenters. The summed E-state index contributed by atoms with van der Waals surface area (Å²) in [5.74, 6) is 1.89. The number of amides is 1. The van der Waals surface area contributed by atoms with Gasteiger partial charge in [0.15, 0.2) is 11.5 Å². The van der Waals surface area contributed by atoms with Gasteiger partial charge in [0.05, 0.1) is 26.5 Å². The number of piperidine rings is 1. The molecule has 1 unspecified atom stereocenters. The lowest BCUT2D eigenvalue weighted by Gasteiger charge is -2.32. The van der Waals surface area contributed by atoms with Gasteiger partial charge in [0, 0.05) is 36.2 Å². The van der Waals surface area contributed by atoms with Crippen molar-refractivity contribution in [2.45, 2.75) is 31.7 Å². The number of ether oxygens (including phenoxy) is 3. The molecule has 0 aliphatic carbocycles. The second kappa shape index (κ2) is 12.4. The summed E-state index contributed by atoms with van der Waals surface area (Å²) < 4.78 is 16.6. The van der Waals surface area contributed by atoms with Gasteiger partial charge in [-0.1, -0.05) is 30.7 Å². The minimum atomic E-state index is -0.0573. The maximum Gasteiger partial charge on any atom is 0.251 e. The van der Waals surface area contributed by atoms with Crippen LogP contribution in [0.2, 0.25) is 0 Å². The predicted octanol–water partition coefficient (Wildman–Crippen LogP) is 4.60. The second-order valence-corrected chi connectivity index (χ2v) is 9.07. The van der Waals surface area contributed by atoms with E-state index in [0.717, 1.165) is 29.8 Å². The molecule has 36 heavy (non-hydrogen) atoms. The smallest absolute Gasteiger partial charge is 0.251 e. The minimum Gasteiger partial charge on any atom is -0.493 e. The molecule has 1 aromatic heterocycles. The number of nitrogens with one attached hydrogen (secondary N) is 1. The maximum atomic E-state index is 12.8. The van der Waals surface area contributed by atoms with Crippen LogP contribution in [0.15, 0.2) is 60.7 Å². The standard InChI is InChI=1S/C29H35N3O4/c1-32-16-5-4-10-24(32)20-30-29(33)23-9-6-8-22(19-23)25-11-7-12-28(31-25)36-17-15-21-13-14-26(34-2)27(18-21)35-3/h6-9,11-14,18-19,24H,4-5,10,15-17,20H2,1-3H3,(H,30,33). The fraction of sp³-hybridized carbons (Fsp3) is 0.379. The molecule has 2 aromatic carbocycles. The van der Waals surface area contributed by atoms with Gasteiger partial charge in [-0.3, -0.25) is 4.79 Å². The quantitative estimate of drug-likeness (QED) is 0.449. The molecule has 190 valence electrons. The van der Waals surface area contributed by atoms with Crippen molar-refractivity contribution in [3.05, 3.63) is 71.8 Å². The Morgan fingerprint density at radius 1 is 1.03 bits per heavy atom. The molecule has 4 rings (SSSR count). The first-order valence-corrected chi connectivity index (χ1v) is 12.5. The second-order valence-electron chi connectivity index (χ2n) is 9.07. The van der Waals surface area contributed by atoms with Gasteiger partial charge in [0.1, 0.15) is 0 Å². The van der Waals surface area contributed by atoms with Gasteiger partial charge in [-0.15, -0.1) is 0 Å². The summed E-state index contributed by atoms with van der Waals surface area (Å²) in [6.07, 6.45) is 4.28.